The fraction of sp³-hybridized carbons (Fsp3) is 0.467. The molecule has 0 aromatic heterocycles. The van der Waals surface area contributed by atoms with Gasteiger partial charge in [0.25, 0.3) is 5.91 Å². The van der Waals surface area contributed by atoms with E-state index in [0.717, 1.165) is 4.47 Å². The molecule has 0 spiro atoms. The van der Waals surface area contributed by atoms with Crippen LogP contribution in [0.25, 0.3) is 0 Å². The number of ether oxygens (including phenoxy) is 1. The van der Waals surface area contributed by atoms with Crippen LogP contribution < -0.4 is 15.4 Å². The monoisotopic (exact) mass is 356 g/mol. The van der Waals surface area contributed by atoms with Crippen molar-refractivity contribution in [2.24, 2.45) is 0 Å². The van der Waals surface area contributed by atoms with Gasteiger partial charge in [0.1, 0.15) is 5.75 Å². The molecule has 1 unspecified atom stereocenters. The summed E-state index contributed by atoms with van der Waals surface area (Å²) in [6.07, 6.45) is -0.673. The number of hydrogen-bond donors (Lipinski definition) is 2. The summed E-state index contributed by atoms with van der Waals surface area (Å²) >= 11 is 3.33. The van der Waals surface area contributed by atoms with E-state index >= 15 is 0 Å². The highest BCUT2D eigenvalue weighted by Gasteiger charge is 2.17. The maximum Gasteiger partial charge on any atom is 0.261 e. The minimum absolute atomic E-state index is 0.0653. The number of amides is 2. The third kappa shape index (κ3) is 7.13. The van der Waals surface area contributed by atoms with Gasteiger partial charge in [-0.25, -0.2) is 0 Å². The molecule has 0 heterocycles. The SMILES string of the molecule is CC(Oc1ccc(Br)cc1)C(=O)NCC(=O)NC(C)(C)C. The predicted molar refractivity (Wildman–Crippen MR) is 85.1 cm³/mol. The number of halogens is 1. The molecule has 0 fully saturated rings. The molecule has 0 aliphatic rings. The molecular weight excluding hydrogens is 336 g/mol. The molecule has 0 bridgehead atoms. The summed E-state index contributed by atoms with van der Waals surface area (Å²) in [6, 6.07) is 7.19. The maximum atomic E-state index is 11.9. The lowest BCUT2D eigenvalue weighted by atomic mass is 10.1. The van der Waals surface area contributed by atoms with Crippen LogP contribution in [0.1, 0.15) is 27.7 Å². The van der Waals surface area contributed by atoms with Crippen LogP contribution >= 0.6 is 15.9 Å². The fourth-order valence-electron chi connectivity index (χ4n) is 1.54. The molecular formula is C15H21BrN2O3. The van der Waals surface area contributed by atoms with Gasteiger partial charge in [-0.15, -0.1) is 0 Å². The Morgan fingerprint density at radius 1 is 1.24 bits per heavy atom. The van der Waals surface area contributed by atoms with E-state index < -0.39 is 6.10 Å². The van der Waals surface area contributed by atoms with Crippen LogP contribution in [0.15, 0.2) is 28.7 Å². The zero-order chi connectivity index (χ0) is 16.0. The van der Waals surface area contributed by atoms with Crippen LogP contribution in [0.4, 0.5) is 0 Å². The topological polar surface area (TPSA) is 67.4 Å². The minimum Gasteiger partial charge on any atom is -0.481 e. The van der Waals surface area contributed by atoms with Crippen LogP contribution in [-0.2, 0) is 9.59 Å². The van der Waals surface area contributed by atoms with Gasteiger partial charge < -0.3 is 15.4 Å². The van der Waals surface area contributed by atoms with Crippen LogP contribution in [0.5, 0.6) is 5.75 Å². The van der Waals surface area contributed by atoms with Gasteiger partial charge in [0.05, 0.1) is 6.54 Å². The number of nitrogens with one attached hydrogen (secondary N) is 2. The van der Waals surface area contributed by atoms with Gasteiger partial charge >= 0.3 is 0 Å². The van der Waals surface area contributed by atoms with Crippen molar-refractivity contribution in [2.75, 3.05) is 6.54 Å². The van der Waals surface area contributed by atoms with Crippen molar-refractivity contribution in [1.29, 1.82) is 0 Å². The van der Waals surface area contributed by atoms with E-state index in [9.17, 15) is 9.59 Å². The predicted octanol–water partition coefficient (Wildman–Crippen LogP) is 2.25. The molecule has 0 saturated carbocycles. The van der Waals surface area contributed by atoms with Crippen LogP contribution in [-0.4, -0.2) is 30.0 Å². The summed E-state index contributed by atoms with van der Waals surface area (Å²) in [4.78, 5) is 23.5. The molecule has 5 nitrogen and oxygen atoms in total. The number of benzene rings is 1. The van der Waals surface area contributed by atoms with E-state index in [-0.39, 0.29) is 23.9 Å². The van der Waals surface area contributed by atoms with Crippen LogP contribution in [0.2, 0.25) is 0 Å². The molecule has 6 heteroatoms. The lowest BCUT2D eigenvalue weighted by molar-refractivity contribution is -0.130. The van der Waals surface area contributed by atoms with E-state index in [1.54, 1.807) is 19.1 Å². The number of carbonyl (C=O) groups is 2. The quantitative estimate of drug-likeness (QED) is 0.850. The summed E-state index contributed by atoms with van der Waals surface area (Å²) in [5.41, 5.74) is -0.318. The Bertz CT molecular complexity index is 495. The fourth-order valence-corrected chi connectivity index (χ4v) is 1.81. The van der Waals surface area contributed by atoms with Crippen LogP contribution in [0.3, 0.4) is 0 Å². The highest BCUT2D eigenvalue weighted by Crippen LogP contribution is 2.17. The Balaban J connectivity index is 2.41. The molecule has 0 aliphatic carbocycles. The van der Waals surface area contributed by atoms with Crippen molar-refractivity contribution in [3.05, 3.63) is 28.7 Å². The van der Waals surface area contributed by atoms with Gasteiger partial charge in [0, 0.05) is 10.0 Å². The van der Waals surface area contributed by atoms with Crippen molar-refractivity contribution in [2.45, 2.75) is 39.3 Å². The zero-order valence-corrected chi connectivity index (χ0v) is 14.3. The average molecular weight is 357 g/mol. The molecule has 2 N–H and O–H groups in total. The third-order valence-electron chi connectivity index (χ3n) is 2.43. The molecule has 0 saturated heterocycles. The first-order chi connectivity index (χ1) is 9.67. The maximum absolute atomic E-state index is 11.9. The molecule has 0 aliphatic heterocycles. The largest absolute Gasteiger partial charge is 0.481 e. The Labute approximate surface area is 133 Å². The molecule has 1 aromatic carbocycles. The van der Waals surface area contributed by atoms with Crippen molar-refractivity contribution in [1.82, 2.24) is 10.6 Å². The van der Waals surface area contributed by atoms with Crippen molar-refractivity contribution >= 4 is 27.7 Å². The summed E-state index contributed by atoms with van der Waals surface area (Å²) < 4.78 is 6.44. The van der Waals surface area contributed by atoms with E-state index in [4.69, 9.17) is 4.74 Å². The first-order valence-corrected chi connectivity index (χ1v) is 7.47. The minimum atomic E-state index is -0.673. The molecule has 2 amide bonds. The van der Waals surface area contributed by atoms with Gasteiger partial charge in [-0.2, -0.15) is 0 Å². The first kappa shape index (κ1) is 17.5. The molecule has 0 radical (unpaired) electrons. The summed E-state index contributed by atoms with van der Waals surface area (Å²) in [6.45, 7) is 7.22. The highest BCUT2D eigenvalue weighted by molar-refractivity contribution is 9.10. The van der Waals surface area contributed by atoms with Gasteiger partial charge in [0.15, 0.2) is 6.10 Å². The van der Waals surface area contributed by atoms with E-state index in [2.05, 4.69) is 26.6 Å². The lowest BCUT2D eigenvalue weighted by Crippen LogP contribution is -2.47. The molecule has 116 valence electrons. The summed E-state index contributed by atoms with van der Waals surface area (Å²) in [5.74, 6) is 0.0358. The van der Waals surface area contributed by atoms with E-state index in [1.165, 1.54) is 0 Å². The van der Waals surface area contributed by atoms with Gasteiger partial charge in [-0.3, -0.25) is 9.59 Å². The summed E-state index contributed by atoms with van der Waals surface area (Å²) in [5, 5.41) is 5.32. The number of hydrogen-bond acceptors (Lipinski definition) is 3. The second-order valence-electron chi connectivity index (χ2n) is 5.73. The van der Waals surface area contributed by atoms with Crippen molar-refractivity contribution < 1.29 is 14.3 Å². The normalized spacial score (nSPS) is 12.4. The lowest BCUT2D eigenvalue weighted by Gasteiger charge is -2.21. The average Bonchev–Trinajstić information content (AvgIpc) is 2.36. The third-order valence-corrected chi connectivity index (χ3v) is 2.96. The van der Waals surface area contributed by atoms with Crippen molar-refractivity contribution in [3.63, 3.8) is 0 Å². The second-order valence-corrected chi connectivity index (χ2v) is 6.65. The first-order valence-electron chi connectivity index (χ1n) is 6.68. The van der Waals surface area contributed by atoms with Gasteiger partial charge in [-0.1, -0.05) is 15.9 Å². The standard InChI is InChI=1S/C15H21BrN2O3/c1-10(21-12-7-5-11(16)6-8-12)14(20)17-9-13(19)18-15(2,3)4/h5-8,10H,9H2,1-4H3,(H,17,20)(H,18,19). The Morgan fingerprint density at radius 2 is 1.81 bits per heavy atom. The van der Waals surface area contributed by atoms with Gasteiger partial charge in [-0.05, 0) is 52.0 Å². The molecule has 1 atom stereocenters. The Hall–Kier alpha value is -1.56. The summed E-state index contributed by atoms with van der Waals surface area (Å²) in [7, 11) is 0. The highest BCUT2D eigenvalue weighted by atomic mass is 79.9. The number of carbonyl (C=O) groups excluding carboxylic acids is 2. The second kappa shape index (κ2) is 7.45. The molecule has 21 heavy (non-hydrogen) atoms. The van der Waals surface area contributed by atoms with Crippen LogP contribution in [0, 0.1) is 0 Å². The number of rotatable bonds is 5. The van der Waals surface area contributed by atoms with Gasteiger partial charge in [0.2, 0.25) is 5.91 Å². The van der Waals surface area contributed by atoms with Crippen molar-refractivity contribution in [3.8, 4) is 5.75 Å². The Kier molecular flexibility index (Phi) is 6.20. The molecule has 1 aromatic rings. The smallest absolute Gasteiger partial charge is 0.261 e. The zero-order valence-electron chi connectivity index (χ0n) is 12.7. The van der Waals surface area contributed by atoms with E-state index in [1.807, 2.05) is 32.9 Å². The molecule has 1 rings (SSSR count). The Morgan fingerprint density at radius 3 is 2.33 bits per heavy atom. The van der Waals surface area contributed by atoms with E-state index in [0.29, 0.717) is 5.75 Å².